The van der Waals surface area contributed by atoms with E-state index in [-0.39, 0.29) is 5.54 Å². The molecule has 0 unspecified atom stereocenters. The van der Waals surface area contributed by atoms with Crippen LogP contribution in [-0.4, -0.2) is 41.0 Å². The van der Waals surface area contributed by atoms with E-state index in [0.717, 1.165) is 17.2 Å². The molecule has 1 saturated carbocycles. The lowest BCUT2D eigenvalue weighted by Gasteiger charge is -2.43. The minimum atomic E-state index is 0.273. The van der Waals surface area contributed by atoms with Gasteiger partial charge in [-0.05, 0) is 51.8 Å². The third kappa shape index (κ3) is 2.64. The van der Waals surface area contributed by atoms with Crippen molar-refractivity contribution in [1.29, 1.82) is 0 Å². The molecule has 4 nitrogen and oxygen atoms in total. The molecule has 2 aromatic rings. The van der Waals surface area contributed by atoms with E-state index in [0.29, 0.717) is 0 Å². The fourth-order valence-corrected chi connectivity index (χ4v) is 5.53. The maximum atomic E-state index is 4.60. The summed E-state index contributed by atoms with van der Waals surface area (Å²) < 4.78 is 0. The van der Waals surface area contributed by atoms with Crippen LogP contribution in [0.3, 0.4) is 0 Å². The number of aryl methyl sites for hydroxylation is 2. The Morgan fingerprint density at radius 1 is 1.13 bits per heavy atom. The Morgan fingerprint density at radius 2 is 1.96 bits per heavy atom. The second-order valence-electron chi connectivity index (χ2n) is 7.29. The Morgan fingerprint density at radius 3 is 2.74 bits per heavy atom. The van der Waals surface area contributed by atoms with E-state index in [1.807, 2.05) is 11.3 Å². The number of hydrogen-bond donors (Lipinski definition) is 1. The van der Waals surface area contributed by atoms with Crippen molar-refractivity contribution in [2.24, 2.45) is 0 Å². The Hall–Kier alpha value is -1.20. The molecule has 2 heterocycles. The van der Waals surface area contributed by atoms with Gasteiger partial charge in [-0.15, -0.1) is 11.3 Å². The summed E-state index contributed by atoms with van der Waals surface area (Å²) in [6.07, 6.45) is 12.0. The van der Waals surface area contributed by atoms with Crippen LogP contribution in [0, 0.1) is 0 Å². The third-order valence-corrected chi connectivity index (χ3v) is 7.02. The number of nitrogens with one attached hydrogen (secondary N) is 1. The van der Waals surface area contributed by atoms with E-state index in [4.69, 9.17) is 0 Å². The van der Waals surface area contributed by atoms with Crippen LogP contribution in [0.5, 0.6) is 0 Å². The van der Waals surface area contributed by atoms with Gasteiger partial charge in [-0.25, -0.2) is 9.97 Å². The molecular formula is C18H26N4S. The molecule has 1 fully saturated rings. The molecule has 0 aliphatic heterocycles. The lowest BCUT2D eigenvalue weighted by molar-refractivity contribution is 0.113. The molecule has 4 rings (SSSR count). The quantitative estimate of drug-likeness (QED) is 0.924. The maximum absolute atomic E-state index is 4.60. The summed E-state index contributed by atoms with van der Waals surface area (Å²) >= 11 is 1.87. The van der Waals surface area contributed by atoms with Gasteiger partial charge in [0.15, 0.2) is 0 Å². The van der Waals surface area contributed by atoms with Crippen LogP contribution in [0.2, 0.25) is 0 Å². The number of hydrogen-bond acceptors (Lipinski definition) is 5. The van der Waals surface area contributed by atoms with Gasteiger partial charge in [0.25, 0.3) is 0 Å². The first-order chi connectivity index (χ1) is 11.2. The largest absolute Gasteiger partial charge is 0.368 e. The average molecular weight is 331 g/mol. The molecule has 0 aromatic carbocycles. The molecule has 0 amide bonds. The molecule has 124 valence electrons. The molecule has 23 heavy (non-hydrogen) atoms. The van der Waals surface area contributed by atoms with Crippen molar-refractivity contribution >= 4 is 27.4 Å². The summed E-state index contributed by atoms with van der Waals surface area (Å²) in [6.45, 7) is 0.983. The Labute approximate surface area is 142 Å². The number of fused-ring (bicyclic) bond motifs is 3. The maximum Gasteiger partial charge on any atom is 0.138 e. The van der Waals surface area contributed by atoms with Crippen LogP contribution in [0.4, 0.5) is 5.82 Å². The number of thiophene rings is 1. The van der Waals surface area contributed by atoms with Crippen LogP contribution >= 0.6 is 11.3 Å². The van der Waals surface area contributed by atoms with Crippen LogP contribution < -0.4 is 5.32 Å². The van der Waals surface area contributed by atoms with Crippen molar-refractivity contribution in [3.63, 3.8) is 0 Å². The zero-order chi connectivity index (χ0) is 15.9. The van der Waals surface area contributed by atoms with E-state index in [2.05, 4.69) is 34.3 Å². The summed E-state index contributed by atoms with van der Waals surface area (Å²) in [5.74, 6) is 1.06. The molecule has 1 N–H and O–H groups in total. The first-order valence-corrected chi connectivity index (χ1v) is 9.68. The zero-order valence-electron chi connectivity index (χ0n) is 14.2. The van der Waals surface area contributed by atoms with Crippen LogP contribution in [0.15, 0.2) is 6.33 Å². The second-order valence-corrected chi connectivity index (χ2v) is 8.38. The molecular weight excluding hydrogens is 304 g/mol. The number of rotatable bonds is 4. The van der Waals surface area contributed by atoms with Crippen molar-refractivity contribution in [3.05, 3.63) is 16.8 Å². The number of likely N-dealkylation sites (N-methyl/N-ethyl adjacent to an activating group) is 1. The zero-order valence-corrected chi connectivity index (χ0v) is 15.0. The summed E-state index contributed by atoms with van der Waals surface area (Å²) in [4.78, 5) is 14.2. The lowest BCUT2D eigenvalue weighted by atomic mass is 9.80. The number of anilines is 1. The normalized spacial score (nSPS) is 20.1. The second kappa shape index (κ2) is 6.02. The van der Waals surface area contributed by atoms with Gasteiger partial charge in [0.1, 0.15) is 17.0 Å². The highest BCUT2D eigenvalue weighted by Gasteiger charge is 2.34. The molecule has 2 aliphatic rings. The standard InChI is InChI=1S/C18H26N4S/c1-22(2)18(9-4-3-5-10-18)11-19-16-15-13-7-6-8-14(13)23-17(15)21-12-20-16/h12H,3-11H2,1-2H3,(H,19,20,21). The average Bonchev–Trinajstić information content (AvgIpc) is 3.14. The highest BCUT2D eigenvalue weighted by atomic mass is 32.1. The summed E-state index contributed by atoms with van der Waals surface area (Å²) in [7, 11) is 4.45. The Bertz CT molecular complexity index is 700. The molecule has 0 radical (unpaired) electrons. The van der Waals surface area contributed by atoms with E-state index in [1.165, 1.54) is 67.2 Å². The smallest absolute Gasteiger partial charge is 0.138 e. The summed E-state index contributed by atoms with van der Waals surface area (Å²) in [5.41, 5.74) is 1.78. The molecule has 0 spiro atoms. The van der Waals surface area contributed by atoms with Crippen LogP contribution in [0.25, 0.3) is 10.2 Å². The van der Waals surface area contributed by atoms with E-state index >= 15 is 0 Å². The van der Waals surface area contributed by atoms with Crippen molar-refractivity contribution in [2.75, 3.05) is 26.0 Å². The van der Waals surface area contributed by atoms with Crippen molar-refractivity contribution in [2.45, 2.75) is 56.9 Å². The van der Waals surface area contributed by atoms with E-state index in [1.54, 1.807) is 6.33 Å². The SMILES string of the molecule is CN(C)C1(CNc2ncnc3sc4c(c23)CCC4)CCCCC1. The van der Waals surface area contributed by atoms with Gasteiger partial charge in [-0.3, -0.25) is 0 Å². The molecule has 2 aromatic heterocycles. The molecule has 5 heteroatoms. The van der Waals surface area contributed by atoms with Crippen molar-refractivity contribution < 1.29 is 0 Å². The van der Waals surface area contributed by atoms with E-state index < -0.39 is 0 Å². The van der Waals surface area contributed by atoms with Crippen molar-refractivity contribution in [1.82, 2.24) is 14.9 Å². The molecule has 0 atom stereocenters. The van der Waals surface area contributed by atoms with Gasteiger partial charge in [0.2, 0.25) is 0 Å². The first-order valence-electron chi connectivity index (χ1n) is 8.86. The topological polar surface area (TPSA) is 41.0 Å². The van der Waals surface area contributed by atoms with E-state index in [9.17, 15) is 0 Å². The lowest BCUT2D eigenvalue weighted by Crippen LogP contribution is -2.51. The Balaban J connectivity index is 1.62. The number of nitrogens with zero attached hydrogens (tertiary/aromatic N) is 3. The van der Waals surface area contributed by atoms with Gasteiger partial charge in [-0.1, -0.05) is 19.3 Å². The third-order valence-electron chi connectivity index (χ3n) is 5.82. The highest BCUT2D eigenvalue weighted by molar-refractivity contribution is 7.19. The molecule has 0 bridgehead atoms. The fourth-order valence-electron chi connectivity index (χ4n) is 4.30. The van der Waals surface area contributed by atoms with Gasteiger partial charge < -0.3 is 10.2 Å². The first kappa shape index (κ1) is 15.3. The van der Waals surface area contributed by atoms with Crippen LogP contribution in [-0.2, 0) is 12.8 Å². The predicted molar refractivity (Wildman–Crippen MR) is 97.4 cm³/mol. The highest BCUT2D eigenvalue weighted by Crippen LogP contribution is 2.39. The monoisotopic (exact) mass is 330 g/mol. The minimum absolute atomic E-state index is 0.273. The summed E-state index contributed by atoms with van der Waals surface area (Å²) in [6, 6.07) is 0. The van der Waals surface area contributed by atoms with Gasteiger partial charge >= 0.3 is 0 Å². The fraction of sp³-hybridized carbons (Fsp3) is 0.667. The van der Waals surface area contributed by atoms with Gasteiger partial charge in [-0.2, -0.15) is 0 Å². The van der Waals surface area contributed by atoms with Crippen molar-refractivity contribution in [3.8, 4) is 0 Å². The molecule has 0 saturated heterocycles. The van der Waals surface area contributed by atoms with Gasteiger partial charge in [0, 0.05) is 17.0 Å². The minimum Gasteiger partial charge on any atom is -0.368 e. The van der Waals surface area contributed by atoms with Crippen LogP contribution in [0.1, 0.15) is 49.0 Å². The summed E-state index contributed by atoms with van der Waals surface area (Å²) in [5, 5.41) is 5.01. The number of aromatic nitrogens is 2. The Kier molecular flexibility index (Phi) is 4.01. The van der Waals surface area contributed by atoms with Gasteiger partial charge in [0.05, 0.1) is 5.39 Å². The predicted octanol–water partition coefficient (Wildman–Crippen LogP) is 3.86. The molecule has 2 aliphatic carbocycles.